The quantitative estimate of drug-likeness (QED) is 0.909. The van der Waals surface area contributed by atoms with Gasteiger partial charge in [0.25, 0.3) is 0 Å². The first-order valence-electron chi connectivity index (χ1n) is 6.54. The van der Waals surface area contributed by atoms with Gasteiger partial charge in [0, 0.05) is 23.6 Å². The number of sulfonamides is 1. The summed E-state index contributed by atoms with van der Waals surface area (Å²) in [5, 5.41) is 3.27. The third-order valence-electron chi connectivity index (χ3n) is 3.39. The first-order valence-corrected chi connectivity index (χ1v) is 8.77. The van der Waals surface area contributed by atoms with Gasteiger partial charge >= 0.3 is 0 Å². The van der Waals surface area contributed by atoms with Gasteiger partial charge in [0.05, 0.1) is 4.90 Å². The molecule has 4 nitrogen and oxygen atoms in total. The first-order chi connectivity index (χ1) is 9.05. The summed E-state index contributed by atoms with van der Waals surface area (Å²) in [7, 11) is -3.41. The summed E-state index contributed by atoms with van der Waals surface area (Å²) >= 11 is 3.33. The Morgan fingerprint density at radius 1 is 1.47 bits per heavy atom. The molecule has 0 amide bonds. The molecule has 106 valence electrons. The molecule has 1 aromatic rings. The molecule has 1 N–H and O–H groups in total. The maximum Gasteiger partial charge on any atom is 0.243 e. The molecule has 0 aliphatic carbocycles. The van der Waals surface area contributed by atoms with Crippen molar-refractivity contribution in [3.8, 4) is 0 Å². The average molecular weight is 347 g/mol. The van der Waals surface area contributed by atoms with E-state index in [1.165, 1.54) is 0 Å². The fraction of sp³-hybridized carbons (Fsp3) is 0.538. The van der Waals surface area contributed by atoms with Crippen molar-refractivity contribution in [1.82, 2.24) is 9.62 Å². The molecular formula is C13H19BrN2O2S. The number of benzene rings is 1. The molecule has 1 saturated heterocycles. The predicted molar refractivity (Wildman–Crippen MR) is 79.6 cm³/mol. The molecular weight excluding hydrogens is 328 g/mol. The molecule has 6 heteroatoms. The lowest BCUT2D eigenvalue weighted by molar-refractivity contribution is 0.274. The SMILES string of the molecule is CCN(C1CCCNC1)S(=O)(=O)c1cccc(Br)c1. The summed E-state index contributed by atoms with van der Waals surface area (Å²) in [6, 6.07) is 6.96. The molecule has 1 aliphatic heterocycles. The Balaban J connectivity index is 2.30. The van der Waals surface area contributed by atoms with E-state index in [-0.39, 0.29) is 6.04 Å². The van der Waals surface area contributed by atoms with Crippen LogP contribution in [0.25, 0.3) is 0 Å². The molecule has 1 heterocycles. The highest BCUT2D eigenvalue weighted by Crippen LogP contribution is 2.23. The molecule has 1 aromatic carbocycles. The molecule has 19 heavy (non-hydrogen) atoms. The Labute approximate surface area is 123 Å². The minimum Gasteiger partial charge on any atom is -0.315 e. The van der Waals surface area contributed by atoms with Gasteiger partial charge in [0.15, 0.2) is 0 Å². The molecule has 1 unspecified atom stereocenters. The van der Waals surface area contributed by atoms with Gasteiger partial charge in [-0.3, -0.25) is 0 Å². The number of likely N-dealkylation sites (N-methyl/N-ethyl adjacent to an activating group) is 1. The van der Waals surface area contributed by atoms with Gasteiger partial charge in [-0.2, -0.15) is 4.31 Å². The second-order valence-corrected chi connectivity index (χ2v) is 7.47. The Kier molecular flexibility index (Phi) is 5.00. The summed E-state index contributed by atoms with van der Waals surface area (Å²) < 4.78 is 27.8. The molecule has 1 aliphatic rings. The van der Waals surface area contributed by atoms with Gasteiger partial charge in [-0.1, -0.05) is 28.9 Å². The van der Waals surface area contributed by atoms with Crippen LogP contribution in [0.3, 0.4) is 0 Å². The molecule has 1 fully saturated rings. The van der Waals surface area contributed by atoms with E-state index in [2.05, 4.69) is 21.2 Å². The van der Waals surface area contributed by atoms with Crippen molar-refractivity contribution in [2.24, 2.45) is 0 Å². The number of halogens is 1. The van der Waals surface area contributed by atoms with Crippen LogP contribution in [0.15, 0.2) is 33.6 Å². The maximum absolute atomic E-state index is 12.7. The van der Waals surface area contributed by atoms with E-state index in [9.17, 15) is 8.42 Å². The summed E-state index contributed by atoms with van der Waals surface area (Å²) in [6.45, 7) is 4.11. The van der Waals surface area contributed by atoms with E-state index in [1.54, 1.807) is 22.5 Å². The van der Waals surface area contributed by atoms with Crippen LogP contribution in [-0.2, 0) is 10.0 Å². The highest BCUT2D eigenvalue weighted by Gasteiger charge is 2.30. The Morgan fingerprint density at radius 2 is 2.26 bits per heavy atom. The van der Waals surface area contributed by atoms with Crippen molar-refractivity contribution in [2.45, 2.75) is 30.7 Å². The van der Waals surface area contributed by atoms with Crippen molar-refractivity contribution >= 4 is 26.0 Å². The maximum atomic E-state index is 12.7. The summed E-state index contributed by atoms with van der Waals surface area (Å²) in [5.74, 6) is 0. The Bertz CT molecular complexity index is 527. The lowest BCUT2D eigenvalue weighted by Gasteiger charge is -2.33. The smallest absolute Gasteiger partial charge is 0.243 e. The lowest BCUT2D eigenvalue weighted by atomic mass is 10.1. The van der Waals surface area contributed by atoms with E-state index in [4.69, 9.17) is 0 Å². The zero-order chi connectivity index (χ0) is 13.9. The van der Waals surface area contributed by atoms with Gasteiger partial charge in [0.2, 0.25) is 10.0 Å². The second-order valence-electron chi connectivity index (χ2n) is 4.67. The van der Waals surface area contributed by atoms with Crippen LogP contribution in [-0.4, -0.2) is 38.4 Å². The monoisotopic (exact) mass is 346 g/mol. The Morgan fingerprint density at radius 3 is 2.84 bits per heavy atom. The van der Waals surface area contributed by atoms with Crippen LogP contribution in [0.5, 0.6) is 0 Å². The van der Waals surface area contributed by atoms with Gasteiger partial charge in [-0.15, -0.1) is 0 Å². The van der Waals surface area contributed by atoms with Gasteiger partial charge < -0.3 is 5.32 Å². The molecule has 0 aromatic heterocycles. The normalized spacial score (nSPS) is 20.7. The van der Waals surface area contributed by atoms with Crippen molar-refractivity contribution in [1.29, 1.82) is 0 Å². The summed E-state index contributed by atoms with van der Waals surface area (Å²) in [4.78, 5) is 0.356. The van der Waals surface area contributed by atoms with Crippen LogP contribution in [0.4, 0.5) is 0 Å². The third-order valence-corrected chi connectivity index (χ3v) is 5.91. The molecule has 0 spiro atoms. The fourth-order valence-electron chi connectivity index (χ4n) is 2.47. The van der Waals surface area contributed by atoms with Crippen molar-refractivity contribution in [2.75, 3.05) is 19.6 Å². The summed E-state index contributed by atoms with van der Waals surface area (Å²) in [6.07, 6.45) is 1.95. The molecule has 2 rings (SSSR count). The fourth-order valence-corrected chi connectivity index (χ4v) is 4.73. The van der Waals surface area contributed by atoms with Crippen molar-refractivity contribution in [3.05, 3.63) is 28.7 Å². The second kappa shape index (κ2) is 6.35. The number of hydrogen-bond donors (Lipinski definition) is 1. The molecule has 0 saturated carbocycles. The van der Waals surface area contributed by atoms with E-state index in [0.717, 1.165) is 30.4 Å². The van der Waals surface area contributed by atoms with E-state index < -0.39 is 10.0 Å². The van der Waals surface area contributed by atoms with Gasteiger partial charge in [-0.25, -0.2) is 8.42 Å². The Hall–Kier alpha value is -0.430. The summed E-state index contributed by atoms with van der Waals surface area (Å²) in [5.41, 5.74) is 0. The van der Waals surface area contributed by atoms with Crippen LogP contribution in [0.2, 0.25) is 0 Å². The van der Waals surface area contributed by atoms with Crippen molar-refractivity contribution < 1.29 is 8.42 Å². The number of nitrogens with zero attached hydrogens (tertiary/aromatic N) is 1. The van der Waals surface area contributed by atoms with Crippen LogP contribution < -0.4 is 5.32 Å². The first kappa shape index (κ1) is 15.0. The zero-order valence-electron chi connectivity index (χ0n) is 11.0. The molecule has 0 radical (unpaired) electrons. The van der Waals surface area contributed by atoms with Gasteiger partial charge in [-0.05, 0) is 37.6 Å². The van der Waals surface area contributed by atoms with Crippen LogP contribution in [0, 0.1) is 0 Å². The minimum absolute atomic E-state index is 0.0581. The average Bonchev–Trinajstić information content (AvgIpc) is 2.40. The number of piperidine rings is 1. The van der Waals surface area contributed by atoms with E-state index in [1.807, 2.05) is 13.0 Å². The minimum atomic E-state index is -3.41. The third kappa shape index (κ3) is 3.37. The number of hydrogen-bond acceptors (Lipinski definition) is 3. The number of rotatable bonds is 4. The number of nitrogens with one attached hydrogen (secondary N) is 1. The van der Waals surface area contributed by atoms with Crippen molar-refractivity contribution in [3.63, 3.8) is 0 Å². The van der Waals surface area contributed by atoms with E-state index in [0.29, 0.717) is 11.4 Å². The predicted octanol–water partition coefficient (Wildman–Crippen LogP) is 2.21. The highest BCUT2D eigenvalue weighted by atomic mass is 79.9. The standard InChI is InChI=1S/C13H19BrN2O2S/c1-2-16(12-6-4-8-15-10-12)19(17,18)13-7-3-5-11(14)9-13/h3,5,7,9,12,15H,2,4,6,8,10H2,1H3. The van der Waals surface area contributed by atoms with Crippen LogP contribution in [0.1, 0.15) is 19.8 Å². The zero-order valence-corrected chi connectivity index (χ0v) is 13.4. The molecule has 1 atom stereocenters. The molecule has 0 bridgehead atoms. The lowest BCUT2D eigenvalue weighted by Crippen LogP contribution is -2.48. The topological polar surface area (TPSA) is 49.4 Å². The van der Waals surface area contributed by atoms with E-state index >= 15 is 0 Å². The van der Waals surface area contributed by atoms with Crippen LogP contribution >= 0.6 is 15.9 Å². The highest BCUT2D eigenvalue weighted by molar-refractivity contribution is 9.10. The largest absolute Gasteiger partial charge is 0.315 e. The van der Waals surface area contributed by atoms with Gasteiger partial charge in [0.1, 0.15) is 0 Å².